The van der Waals surface area contributed by atoms with Crippen molar-refractivity contribution in [3.8, 4) is 56.4 Å². The van der Waals surface area contributed by atoms with Gasteiger partial charge in [-0.05, 0) is 174 Å². The predicted octanol–water partition coefficient (Wildman–Crippen LogP) is 10.6. The summed E-state index contributed by atoms with van der Waals surface area (Å²) in [6.45, 7) is 8.24. The molecule has 0 spiro atoms. The standard InChI is InChI=1S/C41H36N2O2/c1-24-17-28(5-13-38(24)42)30-7-15-40(26(3)19-30)44-34-9-11-36-32(22-34)21-33-23-35(10-12-37(33)36)45-41-16-8-31(20-27(41)4)29-6-14-39(43)25(2)18-29/h5-20,22-23H,21,42-43H2,1-4H3. The number of nitrogen functional groups attached to an aromatic ring is 2. The van der Waals surface area contributed by atoms with Gasteiger partial charge in [-0.15, -0.1) is 0 Å². The number of fused-ring (bicyclic) bond motifs is 3. The van der Waals surface area contributed by atoms with Crippen molar-refractivity contribution in [1.82, 2.24) is 0 Å². The minimum Gasteiger partial charge on any atom is -0.457 e. The number of benzene rings is 6. The van der Waals surface area contributed by atoms with Gasteiger partial charge < -0.3 is 20.9 Å². The van der Waals surface area contributed by atoms with E-state index in [1.165, 1.54) is 22.3 Å². The van der Waals surface area contributed by atoms with E-state index in [0.29, 0.717) is 0 Å². The van der Waals surface area contributed by atoms with Crippen molar-refractivity contribution in [2.24, 2.45) is 0 Å². The fraction of sp³-hybridized carbons (Fsp3) is 0.122. The zero-order valence-electron chi connectivity index (χ0n) is 26.1. The third kappa shape index (κ3) is 5.51. The Balaban J connectivity index is 1.06. The Hall–Kier alpha value is -5.48. The lowest BCUT2D eigenvalue weighted by atomic mass is 10.0. The van der Waals surface area contributed by atoms with E-state index in [0.717, 1.165) is 85.3 Å². The minimum absolute atomic E-state index is 0.809. The first-order valence-electron chi connectivity index (χ1n) is 15.3. The first-order valence-corrected chi connectivity index (χ1v) is 15.3. The molecule has 0 fully saturated rings. The van der Waals surface area contributed by atoms with Crippen LogP contribution in [0.15, 0.2) is 109 Å². The van der Waals surface area contributed by atoms with Gasteiger partial charge in [0.05, 0.1) is 0 Å². The van der Waals surface area contributed by atoms with Crippen molar-refractivity contribution in [3.63, 3.8) is 0 Å². The molecule has 6 aromatic rings. The van der Waals surface area contributed by atoms with Crippen molar-refractivity contribution < 1.29 is 9.47 Å². The SMILES string of the molecule is Cc1cc(-c2ccc(Oc3ccc4c(c3)Cc3cc(Oc5ccc(-c6ccc(N)c(C)c6)cc5C)ccc3-4)c(C)c2)ccc1N. The second kappa shape index (κ2) is 11.2. The summed E-state index contributed by atoms with van der Waals surface area (Å²) in [5, 5.41) is 0. The van der Waals surface area contributed by atoms with Crippen LogP contribution in [0.2, 0.25) is 0 Å². The molecule has 0 aliphatic heterocycles. The Morgan fingerprint density at radius 1 is 0.422 bits per heavy atom. The lowest BCUT2D eigenvalue weighted by molar-refractivity contribution is 0.478. The lowest BCUT2D eigenvalue weighted by Crippen LogP contribution is -1.92. The highest BCUT2D eigenvalue weighted by Crippen LogP contribution is 2.42. The van der Waals surface area contributed by atoms with Gasteiger partial charge in [-0.1, -0.05) is 36.4 Å². The third-order valence-corrected chi connectivity index (χ3v) is 8.84. The van der Waals surface area contributed by atoms with Gasteiger partial charge in [-0.25, -0.2) is 0 Å². The first-order chi connectivity index (χ1) is 21.7. The molecule has 0 bridgehead atoms. The van der Waals surface area contributed by atoms with E-state index < -0.39 is 0 Å². The highest BCUT2D eigenvalue weighted by molar-refractivity contribution is 5.78. The predicted molar refractivity (Wildman–Crippen MR) is 186 cm³/mol. The van der Waals surface area contributed by atoms with Gasteiger partial charge in [0.25, 0.3) is 0 Å². The zero-order valence-corrected chi connectivity index (χ0v) is 26.1. The largest absolute Gasteiger partial charge is 0.457 e. The summed E-state index contributed by atoms with van der Waals surface area (Å²) in [6, 6.07) is 37.7. The average molecular weight is 589 g/mol. The second-order valence-corrected chi connectivity index (χ2v) is 12.1. The normalized spacial score (nSPS) is 11.6. The van der Waals surface area contributed by atoms with Gasteiger partial charge in [0.2, 0.25) is 0 Å². The van der Waals surface area contributed by atoms with Crippen LogP contribution in [-0.2, 0) is 6.42 Å². The summed E-state index contributed by atoms with van der Waals surface area (Å²) in [5.41, 5.74) is 27.6. The summed E-state index contributed by atoms with van der Waals surface area (Å²) >= 11 is 0. The fourth-order valence-electron chi connectivity index (χ4n) is 6.14. The first kappa shape index (κ1) is 28.3. The van der Waals surface area contributed by atoms with Crippen molar-refractivity contribution in [2.75, 3.05) is 11.5 Å². The van der Waals surface area contributed by atoms with Crippen LogP contribution in [0.3, 0.4) is 0 Å². The molecule has 1 aliphatic carbocycles. The number of anilines is 2. The minimum atomic E-state index is 0.809. The van der Waals surface area contributed by atoms with Gasteiger partial charge in [0.15, 0.2) is 0 Å². The Labute approximate surface area is 264 Å². The van der Waals surface area contributed by atoms with Gasteiger partial charge in [0.1, 0.15) is 23.0 Å². The molecule has 222 valence electrons. The Morgan fingerprint density at radius 2 is 0.800 bits per heavy atom. The summed E-state index contributed by atoms with van der Waals surface area (Å²) in [5.74, 6) is 3.38. The maximum absolute atomic E-state index is 6.39. The van der Waals surface area contributed by atoms with E-state index in [1.807, 2.05) is 38.1 Å². The molecule has 6 aromatic carbocycles. The molecule has 1 aliphatic rings. The van der Waals surface area contributed by atoms with Crippen LogP contribution in [0.25, 0.3) is 33.4 Å². The summed E-state index contributed by atoms with van der Waals surface area (Å²) < 4.78 is 12.8. The molecule has 0 amide bonds. The number of rotatable bonds is 6. The molecule has 4 nitrogen and oxygen atoms in total. The smallest absolute Gasteiger partial charge is 0.130 e. The molecular formula is C41H36N2O2. The summed E-state index contributed by atoms with van der Waals surface area (Å²) in [6.07, 6.45) is 0.835. The molecule has 0 saturated carbocycles. The van der Waals surface area contributed by atoms with E-state index in [9.17, 15) is 0 Å². The van der Waals surface area contributed by atoms with Crippen molar-refractivity contribution >= 4 is 11.4 Å². The maximum Gasteiger partial charge on any atom is 0.130 e. The highest BCUT2D eigenvalue weighted by atomic mass is 16.5. The molecule has 0 aromatic heterocycles. The zero-order chi connectivity index (χ0) is 31.2. The number of aryl methyl sites for hydroxylation is 4. The summed E-state index contributed by atoms with van der Waals surface area (Å²) in [4.78, 5) is 0. The van der Waals surface area contributed by atoms with Crippen LogP contribution in [0.5, 0.6) is 23.0 Å². The van der Waals surface area contributed by atoms with E-state index in [1.54, 1.807) is 0 Å². The van der Waals surface area contributed by atoms with E-state index in [4.69, 9.17) is 20.9 Å². The molecule has 7 rings (SSSR count). The third-order valence-electron chi connectivity index (χ3n) is 8.84. The second-order valence-electron chi connectivity index (χ2n) is 12.1. The van der Waals surface area contributed by atoms with E-state index in [2.05, 4.69) is 98.8 Å². The molecule has 45 heavy (non-hydrogen) atoms. The molecule has 4 N–H and O–H groups in total. The molecule has 0 radical (unpaired) electrons. The van der Waals surface area contributed by atoms with Crippen LogP contribution < -0.4 is 20.9 Å². The van der Waals surface area contributed by atoms with Gasteiger partial charge in [0, 0.05) is 11.4 Å². The topological polar surface area (TPSA) is 70.5 Å². The molecule has 0 saturated heterocycles. The number of ether oxygens (including phenoxy) is 2. The molecule has 4 heteroatoms. The maximum atomic E-state index is 6.39. The van der Waals surface area contributed by atoms with Gasteiger partial charge >= 0.3 is 0 Å². The van der Waals surface area contributed by atoms with E-state index >= 15 is 0 Å². The Morgan fingerprint density at radius 3 is 1.18 bits per heavy atom. The average Bonchev–Trinajstić information content (AvgIpc) is 3.39. The monoisotopic (exact) mass is 588 g/mol. The highest BCUT2D eigenvalue weighted by Gasteiger charge is 2.20. The van der Waals surface area contributed by atoms with Crippen LogP contribution in [-0.4, -0.2) is 0 Å². The Bertz CT molecular complexity index is 1960. The van der Waals surface area contributed by atoms with Crippen LogP contribution in [0.4, 0.5) is 11.4 Å². The molecule has 0 heterocycles. The van der Waals surface area contributed by atoms with Gasteiger partial charge in [-0.2, -0.15) is 0 Å². The van der Waals surface area contributed by atoms with E-state index in [-0.39, 0.29) is 0 Å². The van der Waals surface area contributed by atoms with Crippen molar-refractivity contribution in [3.05, 3.63) is 143 Å². The molecular weight excluding hydrogens is 552 g/mol. The number of hydrogen-bond donors (Lipinski definition) is 2. The van der Waals surface area contributed by atoms with Crippen molar-refractivity contribution in [1.29, 1.82) is 0 Å². The van der Waals surface area contributed by atoms with Crippen molar-refractivity contribution in [2.45, 2.75) is 34.1 Å². The fourth-order valence-corrected chi connectivity index (χ4v) is 6.14. The van der Waals surface area contributed by atoms with Crippen LogP contribution in [0.1, 0.15) is 33.4 Å². The number of nitrogens with two attached hydrogens (primary N) is 2. The lowest BCUT2D eigenvalue weighted by Gasteiger charge is -2.13. The van der Waals surface area contributed by atoms with Crippen LogP contribution in [0, 0.1) is 27.7 Å². The molecule has 0 atom stereocenters. The molecule has 0 unspecified atom stereocenters. The van der Waals surface area contributed by atoms with Crippen LogP contribution >= 0.6 is 0 Å². The number of hydrogen-bond acceptors (Lipinski definition) is 4. The Kier molecular flexibility index (Phi) is 7.06. The quantitative estimate of drug-likeness (QED) is 0.190. The summed E-state index contributed by atoms with van der Waals surface area (Å²) in [7, 11) is 0. The van der Waals surface area contributed by atoms with Gasteiger partial charge in [-0.3, -0.25) is 0 Å².